The van der Waals surface area contributed by atoms with Gasteiger partial charge in [-0.2, -0.15) is 0 Å². The van der Waals surface area contributed by atoms with Crippen LogP contribution in [0.2, 0.25) is 0 Å². The number of hydroxylamine groups is 1. The first-order chi connectivity index (χ1) is 12.6. The number of amides is 1. The van der Waals surface area contributed by atoms with Gasteiger partial charge in [-0.15, -0.1) is 0 Å². The number of aryl methyl sites for hydroxylation is 1. The number of aliphatic hydroxyl groups excluding tert-OH is 1. The lowest BCUT2D eigenvalue weighted by Gasteiger charge is -2.24. The maximum Gasteiger partial charge on any atom is 0.277 e. The summed E-state index contributed by atoms with van der Waals surface area (Å²) >= 11 is 2.15. The van der Waals surface area contributed by atoms with E-state index in [0.717, 1.165) is 15.2 Å². The molecule has 0 aliphatic heterocycles. The molecule has 0 saturated carbocycles. The molecule has 3 N–H and O–H groups in total. The van der Waals surface area contributed by atoms with Crippen molar-refractivity contribution in [1.29, 1.82) is 0 Å². The minimum atomic E-state index is -1.16. The van der Waals surface area contributed by atoms with E-state index < -0.39 is 23.1 Å². The zero-order valence-corrected chi connectivity index (χ0v) is 17.4. The summed E-state index contributed by atoms with van der Waals surface area (Å²) in [5.41, 5.74) is 2.41. The van der Waals surface area contributed by atoms with Crippen LogP contribution < -0.4 is 10.8 Å². The van der Waals surface area contributed by atoms with Gasteiger partial charge in [-0.3, -0.25) is 9.63 Å². The number of benzene rings is 2. The molecule has 5 nitrogen and oxygen atoms in total. The summed E-state index contributed by atoms with van der Waals surface area (Å²) in [6.45, 7) is 5.07. The van der Waals surface area contributed by atoms with Crippen LogP contribution in [0, 0.1) is 22.1 Å². The summed E-state index contributed by atoms with van der Waals surface area (Å²) in [6, 6.07) is 7.48. The van der Waals surface area contributed by atoms with Crippen molar-refractivity contribution in [3.63, 3.8) is 0 Å². The second-order valence-electron chi connectivity index (χ2n) is 6.63. The van der Waals surface area contributed by atoms with Crippen LogP contribution in [0.25, 0.3) is 0 Å². The van der Waals surface area contributed by atoms with Crippen LogP contribution >= 0.6 is 22.6 Å². The van der Waals surface area contributed by atoms with Crippen LogP contribution in [0.4, 0.5) is 20.2 Å². The van der Waals surface area contributed by atoms with Gasteiger partial charge in [-0.05, 0) is 79.3 Å². The third kappa shape index (κ3) is 5.60. The number of aliphatic hydroxyl groups is 1. The Morgan fingerprint density at radius 3 is 2.59 bits per heavy atom. The van der Waals surface area contributed by atoms with Crippen molar-refractivity contribution in [2.24, 2.45) is 0 Å². The molecule has 146 valence electrons. The highest BCUT2D eigenvalue weighted by molar-refractivity contribution is 14.1. The number of carbonyl (C=O) groups is 1. The highest BCUT2D eigenvalue weighted by Gasteiger charge is 2.23. The molecule has 0 atom stereocenters. The van der Waals surface area contributed by atoms with Gasteiger partial charge in [0.2, 0.25) is 0 Å². The van der Waals surface area contributed by atoms with E-state index in [1.165, 1.54) is 6.07 Å². The van der Waals surface area contributed by atoms with Gasteiger partial charge in [-0.1, -0.05) is 0 Å². The first-order valence-electron chi connectivity index (χ1n) is 8.25. The number of anilines is 2. The summed E-state index contributed by atoms with van der Waals surface area (Å²) < 4.78 is 29.2. The van der Waals surface area contributed by atoms with Crippen molar-refractivity contribution in [3.8, 4) is 0 Å². The van der Waals surface area contributed by atoms with Crippen LogP contribution in [0.5, 0.6) is 0 Å². The molecule has 0 saturated heterocycles. The van der Waals surface area contributed by atoms with E-state index in [1.54, 1.807) is 19.9 Å². The zero-order chi connectivity index (χ0) is 20.2. The molecule has 27 heavy (non-hydrogen) atoms. The van der Waals surface area contributed by atoms with Gasteiger partial charge in [0.05, 0.1) is 16.9 Å². The van der Waals surface area contributed by atoms with E-state index in [0.29, 0.717) is 5.69 Å². The molecule has 0 spiro atoms. The second kappa shape index (κ2) is 8.94. The number of nitrogens with one attached hydrogen (secondary N) is 2. The summed E-state index contributed by atoms with van der Waals surface area (Å²) in [5, 5.41) is 11.8. The third-order valence-corrected chi connectivity index (χ3v) is 4.59. The minimum absolute atomic E-state index is 0.105. The first-order valence-corrected chi connectivity index (χ1v) is 9.33. The van der Waals surface area contributed by atoms with Gasteiger partial charge in [0, 0.05) is 22.3 Å². The lowest BCUT2D eigenvalue weighted by Crippen LogP contribution is -2.36. The van der Waals surface area contributed by atoms with E-state index in [-0.39, 0.29) is 24.3 Å². The predicted octanol–water partition coefficient (Wildman–Crippen LogP) is 4.44. The van der Waals surface area contributed by atoms with Gasteiger partial charge >= 0.3 is 0 Å². The number of hydrogen-bond donors (Lipinski definition) is 3. The summed E-state index contributed by atoms with van der Waals surface area (Å²) in [4.78, 5) is 17.8. The first kappa shape index (κ1) is 21.5. The van der Waals surface area contributed by atoms with Crippen molar-refractivity contribution < 1.29 is 23.5 Å². The molecule has 0 aliphatic carbocycles. The molecule has 1 amide bonds. The fourth-order valence-electron chi connectivity index (χ4n) is 2.32. The number of hydrogen-bond acceptors (Lipinski definition) is 4. The van der Waals surface area contributed by atoms with Crippen molar-refractivity contribution in [2.75, 3.05) is 11.9 Å². The molecule has 0 heterocycles. The van der Waals surface area contributed by atoms with E-state index in [1.807, 2.05) is 19.1 Å². The number of rotatable bonds is 7. The van der Waals surface area contributed by atoms with Gasteiger partial charge in [0.1, 0.15) is 0 Å². The molecule has 0 fully saturated rings. The Hall–Kier alpha value is -1.78. The topological polar surface area (TPSA) is 70.6 Å². The Kier molecular flexibility index (Phi) is 7.12. The maximum absolute atomic E-state index is 14.4. The molecule has 8 heteroatoms. The minimum Gasteiger partial charge on any atom is -0.396 e. The van der Waals surface area contributed by atoms with Crippen molar-refractivity contribution in [1.82, 2.24) is 5.48 Å². The normalized spacial score (nSPS) is 11.4. The molecular formula is C19H21F2IN2O3. The second-order valence-corrected chi connectivity index (χ2v) is 7.88. The van der Waals surface area contributed by atoms with E-state index in [9.17, 15) is 13.6 Å². The van der Waals surface area contributed by atoms with Gasteiger partial charge in [0.15, 0.2) is 11.6 Å². The van der Waals surface area contributed by atoms with Crippen molar-refractivity contribution in [3.05, 3.63) is 56.7 Å². The summed E-state index contributed by atoms with van der Waals surface area (Å²) in [5.74, 6) is -2.96. The average molecular weight is 490 g/mol. The van der Waals surface area contributed by atoms with E-state index >= 15 is 0 Å². The van der Waals surface area contributed by atoms with Crippen LogP contribution in [-0.4, -0.2) is 23.2 Å². The quantitative estimate of drug-likeness (QED) is 0.397. The molecular weight excluding hydrogens is 469 g/mol. The summed E-state index contributed by atoms with van der Waals surface area (Å²) in [6.07, 6.45) is 0.290. The highest BCUT2D eigenvalue weighted by Crippen LogP contribution is 2.29. The number of halogens is 3. The Bertz CT molecular complexity index is 844. The monoisotopic (exact) mass is 490 g/mol. The third-order valence-electron chi connectivity index (χ3n) is 3.92. The standard InChI is InChI=1S/C19H21F2IN2O3/c1-11-10-12(22)4-7-15(11)23-17-13(5-6-14(20)16(17)21)18(26)24-27-19(2,3)8-9-25/h4-7,10,23,25H,8-9H2,1-3H3,(H,24,26). The Morgan fingerprint density at radius 2 is 1.96 bits per heavy atom. The van der Waals surface area contributed by atoms with Crippen LogP contribution in [-0.2, 0) is 4.84 Å². The molecule has 2 aromatic carbocycles. The van der Waals surface area contributed by atoms with E-state index in [4.69, 9.17) is 9.94 Å². The highest BCUT2D eigenvalue weighted by atomic mass is 127. The average Bonchev–Trinajstić information content (AvgIpc) is 2.59. The maximum atomic E-state index is 14.4. The van der Waals surface area contributed by atoms with Crippen molar-refractivity contribution in [2.45, 2.75) is 32.8 Å². The largest absolute Gasteiger partial charge is 0.396 e. The van der Waals surface area contributed by atoms with Gasteiger partial charge < -0.3 is 10.4 Å². The summed E-state index contributed by atoms with van der Waals surface area (Å²) in [7, 11) is 0. The Balaban J connectivity index is 2.32. The zero-order valence-electron chi connectivity index (χ0n) is 15.2. The fourth-order valence-corrected chi connectivity index (χ4v) is 2.97. The Morgan fingerprint density at radius 1 is 1.26 bits per heavy atom. The predicted molar refractivity (Wildman–Crippen MR) is 108 cm³/mol. The lowest BCUT2D eigenvalue weighted by molar-refractivity contribution is -0.0805. The van der Waals surface area contributed by atoms with Crippen molar-refractivity contribution >= 4 is 39.9 Å². The molecule has 0 radical (unpaired) electrons. The molecule has 2 aromatic rings. The van der Waals surface area contributed by atoms with Crippen LogP contribution in [0.15, 0.2) is 30.3 Å². The van der Waals surface area contributed by atoms with Gasteiger partial charge in [-0.25, -0.2) is 14.3 Å². The van der Waals surface area contributed by atoms with Gasteiger partial charge in [0.25, 0.3) is 5.91 Å². The molecule has 0 bridgehead atoms. The van der Waals surface area contributed by atoms with Crippen LogP contribution in [0.3, 0.4) is 0 Å². The van der Waals surface area contributed by atoms with E-state index in [2.05, 4.69) is 33.4 Å². The van der Waals surface area contributed by atoms with Crippen LogP contribution in [0.1, 0.15) is 36.2 Å². The SMILES string of the molecule is Cc1cc(I)ccc1Nc1c(C(=O)NOC(C)(C)CCO)ccc(F)c1F. The molecule has 2 rings (SSSR count). The molecule has 0 aromatic heterocycles. The number of carbonyl (C=O) groups excluding carboxylic acids is 1. The lowest BCUT2D eigenvalue weighted by atomic mass is 10.1. The molecule has 0 unspecified atom stereocenters. The molecule has 0 aliphatic rings. The fraction of sp³-hybridized carbons (Fsp3) is 0.316. The smallest absolute Gasteiger partial charge is 0.277 e. The Labute approximate surface area is 170 Å².